The van der Waals surface area contributed by atoms with Gasteiger partial charge in [-0.05, 0) is 24.3 Å². The van der Waals surface area contributed by atoms with Crippen molar-refractivity contribution in [2.75, 3.05) is 66.5 Å². The fourth-order valence-corrected chi connectivity index (χ4v) is 3.90. The molecule has 1 aliphatic heterocycles. The van der Waals surface area contributed by atoms with Crippen LogP contribution in [0.4, 0.5) is 0 Å². The van der Waals surface area contributed by atoms with Crippen molar-refractivity contribution in [3.63, 3.8) is 0 Å². The highest BCUT2D eigenvalue weighted by molar-refractivity contribution is 5.05. The summed E-state index contributed by atoms with van der Waals surface area (Å²) in [6.07, 6.45) is 0. The van der Waals surface area contributed by atoms with E-state index in [0.29, 0.717) is 0 Å². The molecule has 0 amide bonds. The van der Waals surface area contributed by atoms with Crippen molar-refractivity contribution in [1.29, 1.82) is 0 Å². The lowest BCUT2D eigenvalue weighted by molar-refractivity contribution is -0.907. The Balaban J connectivity index is 1.46. The summed E-state index contributed by atoms with van der Waals surface area (Å²) >= 11 is 0. The van der Waals surface area contributed by atoms with Gasteiger partial charge in [0.1, 0.15) is 78.5 Å². The minimum Gasteiger partial charge on any atom is -0.454 e. The first-order valence-electron chi connectivity index (χ1n) is 11.7. The molecule has 0 saturated heterocycles. The van der Waals surface area contributed by atoms with Crippen LogP contribution < -0.4 is 31.1 Å². The van der Waals surface area contributed by atoms with Gasteiger partial charge in [-0.25, -0.2) is 0 Å². The molecule has 1 aliphatic rings. The maximum Gasteiger partial charge on any atom is 0.158 e. The van der Waals surface area contributed by atoms with Crippen molar-refractivity contribution < 1.29 is 39.9 Å². The Morgan fingerprint density at radius 3 is 1.07 bits per heavy atom. The maximum atomic E-state index is 5.99. The van der Waals surface area contributed by atoms with E-state index < -0.39 is 0 Å². The lowest BCUT2D eigenvalue weighted by atomic mass is 10.4. The van der Waals surface area contributed by atoms with Crippen LogP contribution in [0.1, 0.15) is 23.0 Å². The number of nitrogens with two attached hydrogens (primary N) is 4. The molecule has 0 saturated carbocycles. The number of nitrogens with one attached hydrogen (secondary N) is 2. The summed E-state index contributed by atoms with van der Waals surface area (Å²) < 4.78 is 12.0. The lowest BCUT2D eigenvalue weighted by Crippen LogP contribution is -3.14. The molecule has 4 bridgehead atoms. The van der Waals surface area contributed by atoms with E-state index in [4.69, 9.17) is 8.83 Å². The molecule has 0 aliphatic carbocycles. The average Bonchev–Trinajstić information content (AvgIpc) is 3.38. The predicted molar refractivity (Wildman–Crippen MR) is 113 cm³/mol. The molecule has 0 aromatic carbocycles. The topological polar surface area (TPSA) is 102 Å². The van der Waals surface area contributed by atoms with E-state index in [-0.39, 0.29) is 0 Å². The molecule has 0 atom stereocenters. The van der Waals surface area contributed by atoms with Gasteiger partial charge in [-0.3, -0.25) is 0 Å². The fourth-order valence-electron chi connectivity index (χ4n) is 3.90. The normalized spacial score (nSPS) is 24.2. The van der Waals surface area contributed by atoms with Crippen LogP contribution in [0.2, 0.25) is 0 Å². The van der Waals surface area contributed by atoms with Crippen LogP contribution in [0.5, 0.6) is 0 Å². The van der Waals surface area contributed by atoms with Gasteiger partial charge < -0.3 is 39.9 Å². The Morgan fingerprint density at radius 1 is 0.533 bits per heavy atom. The fraction of sp³-hybridized carbons (Fsp3) is 0.636. The third-order valence-electron chi connectivity index (χ3n) is 5.92. The highest BCUT2D eigenvalue weighted by Crippen LogP contribution is 2.05. The first-order valence-corrected chi connectivity index (χ1v) is 11.7. The van der Waals surface area contributed by atoms with Gasteiger partial charge in [0.25, 0.3) is 0 Å². The molecule has 0 spiro atoms. The summed E-state index contributed by atoms with van der Waals surface area (Å²) in [7, 11) is 4.57. The number of hydrogen-bond acceptors (Lipinski definition) is 2. The predicted octanol–water partition coefficient (Wildman–Crippen LogP) is -6.13. The second-order valence-corrected chi connectivity index (χ2v) is 8.78. The minimum absolute atomic E-state index is 0.934. The summed E-state index contributed by atoms with van der Waals surface area (Å²) in [5, 5.41) is 9.44. The Kier molecular flexibility index (Phi) is 9.88. The molecule has 0 unspecified atom stereocenters. The van der Waals surface area contributed by atoms with E-state index in [1.807, 2.05) is 0 Å². The standard InChI is InChI=1S/C22H38N6O2/c1-27-11-7-23-15-19-3-5-21(29-19)17-25-9-13-28(2)14-10-26-18-22-6-4-20(30-22)16-24-8-12-27/h3-6,23-26H,7-18H2,1-2H3/p+6. The van der Waals surface area contributed by atoms with E-state index in [9.17, 15) is 0 Å². The molecular formula is C22H44N6O2+6. The molecule has 0 fully saturated rings. The molecule has 168 valence electrons. The highest BCUT2D eigenvalue weighted by atomic mass is 16.3. The quantitative estimate of drug-likeness (QED) is 0.254. The Labute approximate surface area is 180 Å². The number of furan rings is 2. The molecular weight excluding hydrogens is 380 g/mol. The van der Waals surface area contributed by atoms with Crippen molar-refractivity contribution in [3.05, 3.63) is 47.3 Å². The van der Waals surface area contributed by atoms with Gasteiger partial charge in [0.2, 0.25) is 0 Å². The largest absolute Gasteiger partial charge is 0.454 e. The second-order valence-electron chi connectivity index (χ2n) is 8.78. The second kappa shape index (κ2) is 12.9. The first kappa shape index (κ1) is 23.0. The van der Waals surface area contributed by atoms with Crippen LogP contribution >= 0.6 is 0 Å². The number of quaternary nitrogens is 6. The van der Waals surface area contributed by atoms with Crippen LogP contribution in [0, 0.1) is 0 Å². The van der Waals surface area contributed by atoms with Gasteiger partial charge in [-0.1, -0.05) is 0 Å². The zero-order valence-corrected chi connectivity index (χ0v) is 18.9. The lowest BCUT2D eigenvalue weighted by Gasteiger charge is -2.12. The van der Waals surface area contributed by atoms with Crippen LogP contribution in [0.25, 0.3) is 0 Å². The first-order chi connectivity index (χ1) is 14.7. The summed E-state index contributed by atoms with van der Waals surface area (Å²) in [6, 6.07) is 8.55. The van der Waals surface area contributed by atoms with E-state index in [0.717, 1.165) is 75.4 Å². The molecule has 2 aromatic heterocycles. The number of fused-ring (bicyclic) bond motifs is 4. The zero-order valence-electron chi connectivity index (χ0n) is 18.9. The van der Waals surface area contributed by atoms with Gasteiger partial charge in [-0.2, -0.15) is 0 Å². The Bertz CT molecular complexity index is 603. The number of likely N-dealkylation sites (N-methyl/N-ethyl adjacent to an activating group) is 2. The summed E-state index contributed by atoms with van der Waals surface area (Å²) in [5.41, 5.74) is 0. The molecule has 8 nitrogen and oxygen atoms in total. The van der Waals surface area contributed by atoms with Crippen LogP contribution in [-0.4, -0.2) is 66.5 Å². The molecule has 2 aromatic rings. The smallest absolute Gasteiger partial charge is 0.158 e. The molecule has 8 heteroatoms. The van der Waals surface area contributed by atoms with Crippen LogP contribution in [-0.2, 0) is 26.2 Å². The van der Waals surface area contributed by atoms with Gasteiger partial charge in [0.05, 0.1) is 14.1 Å². The summed E-state index contributed by atoms with van der Waals surface area (Å²) in [4.78, 5) is 3.15. The van der Waals surface area contributed by atoms with E-state index in [2.05, 4.69) is 59.6 Å². The molecule has 3 heterocycles. The number of hydrogen-bond donors (Lipinski definition) is 6. The van der Waals surface area contributed by atoms with Crippen molar-refractivity contribution >= 4 is 0 Å². The van der Waals surface area contributed by atoms with Gasteiger partial charge in [0.15, 0.2) is 23.0 Å². The highest BCUT2D eigenvalue weighted by Gasteiger charge is 2.11. The van der Waals surface area contributed by atoms with Crippen molar-refractivity contribution in [1.82, 2.24) is 0 Å². The molecule has 0 radical (unpaired) electrons. The van der Waals surface area contributed by atoms with Crippen LogP contribution in [0.15, 0.2) is 33.1 Å². The summed E-state index contributed by atoms with van der Waals surface area (Å²) in [5.74, 6) is 4.37. The SMILES string of the molecule is C[NH+]1CC[NH2+]Cc2ccc(o2)C[NH2+]CC[NH+](C)CC[NH2+]Cc2ccc(o2)C[NH2+]CC1. The van der Waals surface area contributed by atoms with E-state index >= 15 is 0 Å². The Hall–Kier alpha value is -1.68. The molecule has 30 heavy (non-hydrogen) atoms. The van der Waals surface area contributed by atoms with E-state index in [1.165, 1.54) is 26.2 Å². The third-order valence-corrected chi connectivity index (χ3v) is 5.92. The van der Waals surface area contributed by atoms with Crippen LogP contribution in [0.3, 0.4) is 0 Å². The van der Waals surface area contributed by atoms with Gasteiger partial charge >= 0.3 is 0 Å². The molecule has 10 N–H and O–H groups in total. The van der Waals surface area contributed by atoms with Crippen molar-refractivity contribution in [2.24, 2.45) is 0 Å². The van der Waals surface area contributed by atoms with E-state index in [1.54, 1.807) is 9.80 Å². The minimum atomic E-state index is 0.934. The number of rotatable bonds is 0. The zero-order chi connectivity index (χ0) is 21.0. The monoisotopic (exact) mass is 424 g/mol. The molecule has 3 rings (SSSR count). The Morgan fingerprint density at radius 2 is 0.800 bits per heavy atom. The summed E-state index contributed by atoms with van der Waals surface area (Å²) in [6.45, 7) is 12.9. The van der Waals surface area contributed by atoms with Crippen molar-refractivity contribution in [3.8, 4) is 0 Å². The van der Waals surface area contributed by atoms with Gasteiger partial charge in [0, 0.05) is 0 Å². The van der Waals surface area contributed by atoms with Gasteiger partial charge in [-0.15, -0.1) is 0 Å². The average molecular weight is 425 g/mol. The third kappa shape index (κ3) is 8.59. The van der Waals surface area contributed by atoms with Crippen molar-refractivity contribution in [2.45, 2.75) is 26.2 Å². The maximum absolute atomic E-state index is 5.99.